The van der Waals surface area contributed by atoms with Crippen molar-refractivity contribution in [1.29, 1.82) is 0 Å². The summed E-state index contributed by atoms with van der Waals surface area (Å²) in [5, 5.41) is 7.49. The lowest BCUT2D eigenvalue weighted by molar-refractivity contribution is 1.22. The van der Waals surface area contributed by atoms with Gasteiger partial charge in [0.25, 0.3) is 0 Å². The lowest BCUT2D eigenvalue weighted by atomic mass is 10.1. The molecule has 0 aromatic carbocycles. The molecule has 0 amide bonds. The quantitative estimate of drug-likeness (QED) is 0.732. The van der Waals surface area contributed by atoms with Crippen molar-refractivity contribution in [2.75, 3.05) is 0 Å². The molecule has 0 saturated heterocycles. The maximum atomic E-state index is 3.50. The van der Waals surface area contributed by atoms with Crippen LogP contribution >= 0.6 is 38.6 Å². The zero-order chi connectivity index (χ0) is 9.10. The standard InChI is InChI=1S/C10H9BrS2/c11-6-9-2-4-13-10(9)5-8-1-3-12-7-8/h1-4,7H,5-6H2. The van der Waals surface area contributed by atoms with Crippen LogP contribution in [0.5, 0.6) is 0 Å². The highest BCUT2D eigenvalue weighted by atomic mass is 79.9. The van der Waals surface area contributed by atoms with E-state index in [9.17, 15) is 0 Å². The zero-order valence-electron chi connectivity index (χ0n) is 7.00. The summed E-state index contributed by atoms with van der Waals surface area (Å²) in [4.78, 5) is 1.48. The fourth-order valence-corrected chi connectivity index (χ4v) is 3.54. The zero-order valence-corrected chi connectivity index (χ0v) is 10.2. The molecule has 0 N–H and O–H groups in total. The molecule has 13 heavy (non-hydrogen) atoms. The highest BCUT2D eigenvalue weighted by Gasteiger charge is 2.03. The largest absolute Gasteiger partial charge is 0.152 e. The number of rotatable bonds is 3. The third-order valence-electron chi connectivity index (χ3n) is 1.93. The summed E-state index contributed by atoms with van der Waals surface area (Å²) in [5.74, 6) is 0. The Hall–Kier alpha value is -0.120. The minimum absolute atomic E-state index is 0.968. The Morgan fingerprint density at radius 1 is 1.23 bits per heavy atom. The van der Waals surface area contributed by atoms with Gasteiger partial charge < -0.3 is 0 Å². The smallest absolute Gasteiger partial charge is 0.0294 e. The van der Waals surface area contributed by atoms with Gasteiger partial charge in [0.15, 0.2) is 0 Å². The van der Waals surface area contributed by atoms with Crippen LogP contribution < -0.4 is 0 Å². The van der Waals surface area contributed by atoms with Gasteiger partial charge in [0.05, 0.1) is 0 Å². The second kappa shape index (κ2) is 4.40. The first-order valence-electron chi connectivity index (χ1n) is 4.02. The van der Waals surface area contributed by atoms with Crippen molar-refractivity contribution >= 4 is 38.6 Å². The highest BCUT2D eigenvalue weighted by Crippen LogP contribution is 2.23. The molecule has 0 nitrogen and oxygen atoms in total. The molecule has 3 heteroatoms. The van der Waals surface area contributed by atoms with E-state index in [1.165, 1.54) is 16.0 Å². The SMILES string of the molecule is BrCc1ccsc1Cc1ccsc1. The van der Waals surface area contributed by atoms with Gasteiger partial charge in [-0.05, 0) is 39.4 Å². The molecule has 0 aliphatic carbocycles. The van der Waals surface area contributed by atoms with Crippen LogP contribution in [-0.2, 0) is 11.8 Å². The maximum Gasteiger partial charge on any atom is 0.0294 e. The molecule has 2 aromatic heterocycles. The average Bonchev–Trinajstić information content (AvgIpc) is 2.76. The number of hydrogen-bond donors (Lipinski definition) is 0. The van der Waals surface area contributed by atoms with E-state index >= 15 is 0 Å². The first kappa shape index (κ1) is 9.44. The molecule has 2 rings (SSSR count). The van der Waals surface area contributed by atoms with Crippen LogP contribution in [0.3, 0.4) is 0 Å². The molecule has 0 radical (unpaired) electrons. The van der Waals surface area contributed by atoms with Gasteiger partial charge in [-0.25, -0.2) is 0 Å². The molecule has 68 valence electrons. The Bertz CT molecular complexity index is 362. The number of alkyl halides is 1. The van der Waals surface area contributed by atoms with E-state index in [4.69, 9.17) is 0 Å². The van der Waals surface area contributed by atoms with Crippen LogP contribution in [0.2, 0.25) is 0 Å². The predicted octanol–water partition coefficient (Wildman–Crippen LogP) is 4.30. The topological polar surface area (TPSA) is 0 Å². The van der Waals surface area contributed by atoms with E-state index in [1.807, 2.05) is 11.3 Å². The minimum Gasteiger partial charge on any atom is -0.152 e. The van der Waals surface area contributed by atoms with E-state index < -0.39 is 0 Å². The molecule has 2 aromatic rings. The first-order chi connectivity index (χ1) is 6.40. The van der Waals surface area contributed by atoms with Crippen LogP contribution in [0.1, 0.15) is 16.0 Å². The molecule has 0 fully saturated rings. The minimum atomic E-state index is 0.968. The Morgan fingerprint density at radius 2 is 2.15 bits per heavy atom. The molecule has 0 bridgehead atoms. The summed E-state index contributed by atoms with van der Waals surface area (Å²) < 4.78 is 0. The van der Waals surface area contributed by atoms with Gasteiger partial charge in [0, 0.05) is 16.6 Å². The lowest BCUT2D eigenvalue weighted by Gasteiger charge is -1.97. The Kier molecular flexibility index (Phi) is 3.19. The first-order valence-corrected chi connectivity index (χ1v) is 6.97. The van der Waals surface area contributed by atoms with Gasteiger partial charge in [-0.15, -0.1) is 11.3 Å². The fraction of sp³-hybridized carbons (Fsp3) is 0.200. The summed E-state index contributed by atoms with van der Waals surface area (Å²) >= 11 is 7.12. The van der Waals surface area contributed by atoms with E-state index in [2.05, 4.69) is 44.2 Å². The molecule has 0 aliphatic heterocycles. The number of halogens is 1. The van der Waals surface area contributed by atoms with Crippen LogP contribution in [0.15, 0.2) is 28.3 Å². The van der Waals surface area contributed by atoms with Crippen LogP contribution in [0.25, 0.3) is 0 Å². The van der Waals surface area contributed by atoms with E-state index in [0.29, 0.717) is 0 Å². The van der Waals surface area contributed by atoms with Crippen molar-refractivity contribution in [2.45, 2.75) is 11.8 Å². The van der Waals surface area contributed by atoms with Crippen molar-refractivity contribution in [2.24, 2.45) is 0 Å². The second-order valence-electron chi connectivity index (χ2n) is 2.81. The Morgan fingerprint density at radius 3 is 2.85 bits per heavy atom. The molecule has 0 spiro atoms. The van der Waals surface area contributed by atoms with Gasteiger partial charge in [-0.3, -0.25) is 0 Å². The molecular weight excluding hydrogens is 264 g/mol. The third-order valence-corrected chi connectivity index (χ3v) is 4.23. The number of thiophene rings is 2. The van der Waals surface area contributed by atoms with Gasteiger partial charge in [-0.1, -0.05) is 15.9 Å². The summed E-state index contributed by atoms with van der Waals surface area (Å²) in [6.45, 7) is 0. The third kappa shape index (κ3) is 2.22. The maximum absolute atomic E-state index is 3.50. The average molecular weight is 273 g/mol. The lowest BCUT2D eigenvalue weighted by Crippen LogP contribution is -1.85. The Balaban J connectivity index is 2.18. The van der Waals surface area contributed by atoms with Gasteiger partial charge in [0.1, 0.15) is 0 Å². The van der Waals surface area contributed by atoms with Crippen molar-refractivity contribution in [3.8, 4) is 0 Å². The molecule has 0 atom stereocenters. The second-order valence-corrected chi connectivity index (χ2v) is 5.15. The van der Waals surface area contributed by atoms with Gasteiger partial charge in [0.2, 0.25) is 0 Å². The van der Waals surface area contributed by atoms with Gasteiger partial charge >= 0.3 is 0 Å². The van der Waals surface area contributed by atoms with Crippen molar-refractivity contribution in [3.05, 3.63) is 44.3 Å². The van der Waals surface area contributed by atoms with Crippen LogP contribution in [0.4, 0.5) is 0 Å². The molecule has 0 saturated carbocycles. The molecule has 0 unspecified atom stereocenters. The summed E-state index contributed by atoms with van der Waals surface area (Å²) in [7, 11) is 0. The normalized spacial score (nSPS) is 10.5. The van der Waals surface area contributed by atoms with Crippen molar-refractivity contribution < 1.29 is 0 Å². The van der Waals surface area contributed by atoms with E-state index in [1.54, 1.807) is 11.3 Å². The van der Waals surface area contributed by atoms with Crippen molar-refractivity contribution in [1.82, 2.24) is 0 Å². The van der Waals surface area contributed by atoms with Crippen molar-refractivity contribution in [3.63, 3.8) is 0 Å². The predicted molar refractivity (Wildman–Crippen MR) is 64.1 cm³/mol. The Labute approximate surface area is 94.4 Å². The van der Waals surface area contributed by atoms with Crippen LogP contribution in [0, 0.1) is 0 Å². The summed E-state index contributed by atoms with van der Waals surface area (Å²) in [6, 6.07) is 4.39. The van der Waals surface area contributed by atoms with E-state index in [0.717, 1.165) is 11.8 Å². The molecule has 0 aliphatic rings. The molecular formula is C10H9BrS2. The fourth-order valence-electron chi connectivity index (χ4n) is 1.22. The summed E-state index contributed by atoms with van der Waals surface area (Å²) in [5.41, 5.74) is 2.85. The molecule has 2 heterocycles. The monoisotopic (exact) mass is 272 g/mol. The van der Waals surface area contributed by atoms with Gasteiger partial charge in [-0.2, -0.15) is 11.3 Å². The highest BCUT2D eigenvalue weighted by molar-refractivity contribution is 9.08. The van der Waals surface area contributed by atoms with Crippen LogP contribution in [-0.4, -0.2) is 0 Å². The number of hydrogen-bond acceptors (Lipinski definition) is 2. The summed E-state index contributed by atoms with van der Waals surface area (Å²) in [6.07, 6.45) is 1.09. The van der Waals surface area contributed by atoms with E-state index in [-0.39, 0.29) is 0 Å².